The maximum Gasteiger partial charge on any atom is 0.129 e. The molecule has 0 amide bonds. The van der Waals surface area contributed by atoms with Crippen LogP contribution in [0.4, 0.5) is 8.78 Å². The molecule has 4 heteroatoms. The number of benzene rings is 2. The Morgan fingerprint density at radius 2 is 1.67 bits per heavy atom. The first-order valence-electron chi connectivity index (χ1n) is 6.69. The third-order valence-corrected chi connectivity index (χ3v) is 3.54. The highest BCUT2D eigenvalue weighted by Crippen LogP contribution is 2.25. The second-order valence-electron chi connectivity index (χ2n) is 4.93. The van der Waals surface area contributed by atoms with E-state index in [9.17, 15) is 8.78 Å². The standard InChI is InChI=1S/C17H14F2N2/c18-14-6-3-7-15(19)13(14)10-16(20)17-12-5-2-1-4-11(12)8-9-21-17/h1-9,16H,10,20H2. The molecule has 2 aromatic carbocycles. The molecule has 21 heavy (non-hydrogen) atoms. The van der Waals surface area contributed by atoms with Gasteiger partial charge >= 0.3 is 0 Å². The first kappa shape index (κ1) is 13.6. The van der Waals surface area contributed by atoms with Gasteiger partial charge in [0.1, 0.15) is 11.6 Å². The lowest BCUT2D eigenvalue weighted by atomic mass is 9.99. The Morgan fingerprint density at radius 1 is 0.952 bits per heavy atom. The monoisotopic (exact) mass is 284 g/mol. The zero-order chi connectivity index (χ0) is 14.8. The fourth-order valence-corrected chi connectivity index (χ4v) is 2.48. The summed E-state index contributed by atoms with van der Waals surface area (Å²) in [4.78, 5) is 4.29. The summed E-state index contributed by atoms with van der Waals surface area (Å²) in [5.74, 6) is -1.16. The molecular weight excluding hydrogens is 270 g/mol. The molecule has 0 saturated heterocycles. The number of halogens is 2. The Labute approximate surface area is 121 Å². The van der Waals surface area contributed by atoms with Gasteiger partial charge in [-0.15, -0.1) is 0 Å². The number of fused-ring (bicyclic) bond motifs is 1. The van der Waals surface area contributed by atoms with Crippen molar-refractivity contribution in [2.24, 2.45) is 5.73 Å². The van der Waals surface area contributed by atoms with Crippen LogP contribution in [0, 0.1) is 11.6 Å². The van der Waals surface area contributed by atoms with Crippen LogP contribution >= 0.6 is 0 Å². The topological polar surface area (TPSA) is 38.9 Å². The van der Waals surface area contributed by atoms with E-state index in [1.807, 2.05) is 30.3 Å². The third-order valence-electron chi connectivity index (χ3n) is 3.54. The minimum Gasteiger partial charge on any atom is -0.322 e. The molecule has 1 heterocycles. The average Bonchev–Trinajstić information content (AvgIpc) is 2.50. The van der Waals surface area contributed by atoms with Gasteiger partial charge in [0.2, 0.25) is 0 Å². The van der Waals surface area contributed by atoms with E-state index in [0.29, 0.717) is 5.69 Å². The highest BCUT2D eigenvalue weighted by Gasteiger charge is 2.17. The number of nitrogens with zero attached hydrogens (tertiary/aromatic N) is 1. The highest BCUT2D eigenvalue weighted by molar-refractivity contribution is 5.84. The predicted octanol–water partition coefficient (Wildman–Crippen LogP) is 3.76. The van der Waals surface area contributed by atoms with Crippen molar-refractivity contribution in [3.63, 3.8) is 0 Å². The molecule has 2 N–H and O–H groups in total. The second-order valence-corrected chi connectivity index (χ2v) is 4.93. The molecule has 2 nitrogen and oxygen atoms in total. The van der Waals surface area contributed by atoms with Crippen LogP contribution in [0.25, 0.3) is 10.8 Å². The van der Waals surface area contributed by atoms with Gasteiger partial charge in [-0.1, -0.05) is 30.3 Å². The van der Waals surface area contributed by atoms with Gasteiger partial charge < -0.3 is 5.73 Å². The summed E-state index contributed by atoms with van der Waals surface area (Å²) < 4.78 is 27.4. The van der Waals surface area contributed by atoms with Gasteiger partial charge in [-0.05, 0) is 30.0 Å². The number of pyridine rings is 1. The van der Waals surface area contributed by atoms with Crippen molar-refractivity contribution >= 4 is 10.8 Å². The van der Waals surface area contributed by atoms with Gasteiger partial charge in [-0.25, -0.2) is 8.78 Å². The van der Waals surface area contributed by atoms with E-state index >= 15 is 0 Å². The molecule has 1 aromatic heterocycles. The summed E-state index contributed by atoms with van der Waals surface area (Å²) in [6.45, 7) is 0. The summed E-state index contributed by atoms with van der Waals surface area (Å²) in [5, 5.41) is 1.91. The quantitative estimate of drug-likeness (QED) is 0.795. The largest absolute Gasteiger partial charge is 0.322 e. The molecular formula is C17H14F2N2. The normalized spacial score (nSPS) is 12.5. The van der Waals surface area contributed by atoms with Crippen LogP contribution in [-0.2, 0) is 6.42 Å². The molecule has 1 atom stereocenters. The minimum atomic E-state index is -0.578. The smallest absolute Gasteiger partial charge is 0.129 e. The van der Waals surface area contributed by atoms with Crippen molar-refractivity contribution in [1.82, 2.24) is 4.98 Å². The van der Waals surface area contributed by atoms with E-state index < -0.39 is 17.7 Å². The van der Waals surface area contributed by atoms with E-state index in [4.69, 9.17) is 5.73 Å². The van der Waals surface area contributed by atoms with Crippen LogP contribution in [0.1, 0.15) is 17.3 Å². The number of rotatable bonds is 3. The molecule has 3 aromatic rings. The van der Waals surface area contributed by atoms with Crippen molar-refractivity contribution in [3.05, 3.63) is 77.6 Å². The van der Waals surface area contributed by atoms with Gasteiger partial charge in [0.05, 0.1) is 11.7 Å². The molecule has 0 bridgehead atoms. The SMILES string of the molecule is NC(Cc1c(F)cccc1F)c1nccc2ccccc12. The molecule has 0 spiro atoms. The van der Waals surface area contributed by atoms with Gasteiger partial charge in [0, 0.05) is 17.1 Å². The summed E-state index contributed by atoms with van der Waals surface area (Å²) in [7, 11) is 0. The van der Waals surface area contributed by atoms with Gasteiger partial charge in [-0.2, -0.15) is 0 Å². The summed E-state index contributed by atoms with van der Waals surface area (Å²) in [5.41, 5.74) is 6.78. The molecule has 0 aliphatic carbocycles. The Bertz CT molecular complexity index is 761. The molecule has 0 saturated carbocycles. The second kappa shape index (κ2) is 5.58. The van der Waals surface area contributed by atoms with Crippen molar-refractivity contribution in [2.45, 2.75) is 12.5 Å². The van der Waals surface area contributed by atoms with E-state index in [0.717, 1.165) is 10.8 Å². The first-order chi connectivity index (χ1) is 10.2. The molecule has 0 aliphatic rings. The lowest BCUT2D eigenvalue weighted by Gasteiger charge is -2.14. The Hall–Kier alpha value is -2.33. The third kappa shape index (κ3) is 2.62. The maximum absolute atomic E-state index is 13.7. The Morgan fingerprint density at radius 3 is 2.43 bits per heavy atom. The predicted molar refractivity (Wildman–Crippen MR) is 78.7 cm³/mol. The summed E-state index contributed by atoms with van der Waals surface area (Å²) in [6, 6.07) is 12.8. The molecule has 0 radical (unpaired) electrons. The van der Waals surface area contributed by atoms with Gasteiger partial charge in [0.25, 0.3) is 0 Å². The Balaban J connectivity index is 2.00. The van der Waals surface area contributed by atoms with Crippen molar-refractivity contribution in [1.29, 1.82) is 0 Å². The van der Waals surface area contributed by atoms with E-state index in [-0.39, 0.29) is 12.0 Å². The number of hydrogen-bond donors (Lipinski definition) is 1. The van der Waals surface area contributed by atoms with Crippen LogP contribution in [0.5, 0.6) is 0 Å². The fraction of sp³-hybridized carbons (Fsp3) is 0.118. The van der Waals surface area contributed by atoms with E-state index in [1.54, 1.807) is 6.20 Å². The number of nitrogens with two attached hydrogens (primary N) is 1. The zero-order valence-electron chi connectivity index (χ0n) is 11.3. The van der Waals surface area contributed by atoms with E-state index in [1.165, 1.54) is 18.2 Å². The maximum atomic E-state index is 13.7. The molecule has 3 rings (SSSR count). The zero-order valence-corrected chi connectivity index (χ0v) is 11.3. The van der Waals surface area contributed by atoms with Gasteiger partial charge in [0.15, 0.2) is 0 Å². The highest BCUT2D eigenvalue weighted by atomic mass is 19.1. The minimum absolute atomic E-state index is 0.000246. The number of aromatic nitrogens is 1. The first-order valence-corrected chi connectivity index (χ1v) is 6.69. The van der Waals surface area contributed by atoms with Crippen molar-refractivity contribution in [3.8, 4) is 0 Å². The molecule has 106 valence electrons. The van der Waals surface area contributed by atoms with Crippen LogP contribution in [0.15, 0.2) is 54.7 Å². The fourth-order valence-electron chi connectivity index (χ4n) is 2.48. The number of hydrogen-bond acceptors (Lipinski definition) is 2. The van der Waals surface area contributed by atoms with Crippen LogP contribution in [-0.4, -0.2) is 4.98 Å². The molecule has 1 unspecified atom stereocenters. The Kier molecular flexibility index (Phi) is 3.62. The molecule has 0 aliphatic heterocycles. The molecule has 0 fully saturated rings. The summed E-state index contributed by atoms with van der Waals surface area (Å²) >= 11 is 0. The van der Waals surface area contributed by atoms with Crippen LogP contribution in [0.2, 0.25) is 0 Å². The average molecular weight is 284 g/mol. The summed E-state index contributed by atoms with van der Waals surface area (Å²) in [6.07, 6.45) is 1.73. The van der Waals surface area contributed by atoms with Crippen LogP contribution < -0.4 is 5.73 Å². The van der Waals surface area contributed by atoms with Crippen molar-refractivity contribution < 1.29 is 8.78 Å². The van der Waals surface area contributed by atoms with Crippen molar-refractivity contribution in [2.75, 3.05) is 0 Å². The lowest BCUT2D eigenvalue weighted by molar-refractivity contribution is 0.538. The lowest BCUT2D eigenvalue weighted by Crippen LogP contribution is -2.17. The van der Waals surface area contributed by atoms with E-state index in [2.05, 4.69) is 4.98 Å². The van der Waals surface area contributed by atoms with Gasteiger partial charge in [-0.3, -0.25) is 4.98 Å². The van der Waals surface area contributed by atoms with Crippen LogP contribution in [0.3, 0.4) is 0 Å².